The van der Waals surface area contributed by atoms with Gasteiger partial charge in [0.05, 0.1) is 12.1 Å². The summed E-state index contributed by atoms with van der Waals surface area (Å²) in [7, 11) is -3.47. The minimum Gasteiger partial charge on any atom is -0.214 e. The molecule has 1 unspecified atom stereocenters. The lowest BCUT2D eigenvalue weighted by atomic mass is 10.1. The van der Waals surface area contributed by atoms with Crippen molar-refractivity contribution in [3.63, 3.8) is 0 Å². The van der Waals surface area contributed by atoms with Crippen molar-refractivity contribution in [3.05, 3.63) is 0 Å². The third-order valence-corrected chi connectivity index (χ3v) is 3.81. The molecule has 16 heavy (non-hydrogen) atoms. The number of hydrogen-bond donors (Lipinski definition) is 1. The third-order valence-electron chi connectivity index (χ3n) is 2.17. The van der Waals surface area contributed by atoms with Gasteiger partial charge in [0.15, 0.2) is 5.25 Å². The van der Waals surface area contributed by atoms with Crippen LogP contribution in [0.15, 0.2) is 0 Å². The van der Waals surface area contributed by atoms with Crippen LogP contribution in [0.1, 0.15) is 39.0 Å². The fourth-order valence-corrected chi connectivity index (χ4v) is 1.91. The van der Waals surface area contributed by atoms with E-state index in [9.17, 15) is 8.42 Å². The van der Waals surface area contributed by atoms with Gasteiger partial charge in [-0.15, -0.1) is 0 Å². The lowest BCUT2D eigenvalue weighted by molar-refractivity contribution is 0.568. The normalized spacial score (nSPS) is 12.7. The fourth-order valence-electron chi connectivity index (χ4n) is 1.09. The molecule has 90 valence electrons. The van der Waals surface area contributed by atoms with Crippen molar-refractivity contribution in [2.24, 2.45) is 0 Å². The number of hydrogen-bond acceptors (Lipinski definition) is 4. The molecule has 0 aliphatic heterocycles. The Bertz CT molecular complexity index is 365. The smallest absolute Gasteiger partial charge is 0.214 e. The summed E-state index contributed by atoms with van der Waals surface area (Å²) < 4.78 is 25.0. The van der Waals surface area contributed by atoms with Crippen molar-refractivity contribution in [1.29, 1.82) is 10.5 Å². The highest BCUT2D eigenvalue weighted by atomic mass is 32.2. The maximum Gasteiger partial charge on any atom is 0.227 e. The second kappa shape index (κ2) is 8.09. The molecule has 0 saturated heterocycles. The first-order valence-electron chi connectivity index (χ1n) is 5.29. The molecule has 1 N–H and O–H groups in total. The number of unbranched alkanes of at least 4 members (excludes halogenated alkanes) is 4. The van der Waals surface area contributed by atoms with Gasteiger partial charge in [-0.2, -0.15) is 10.5 Å². The summed E-state index contributed by atoms with van der Waals surface area (Å²) in [6.07, 6.45) is 3.98. The fraction of sp³-hybridized carbons (Fsp3) is 0.800. The zero-order chi connectivity index (χ0) is 12.4. The molecule has 0 aromatic carbocycles. The van der Waals surface area contributed by atoms with Gasteiger partial charge in [-0.1, -0.05) is 12.8 Å². The van der Waals surface area contributed by atoms with Gasteiger partial charge in [0.1, 0.15) is 0 Å². The van der Waals surface area contributed by atoms with E-state index < -0.39 is 15.3 Å². The first-order valence-corrected chi connectivity index (χ1v) is 6.84. The Labute approximate surface area is 97.1 Å². The summed E-state index contributed by atoms with van der Waals surface area (Å²) in [5.41, 5.74) is 0. The molecular weight excluding hydrogens is 226 g/mol. The SMILES string of the molecule is CC(C#N)S(=O)(=O)NCCCCCCC#N. The molecule has 0 aliphatic carbocycles. The van der Waals surface area contributed by atoms with Crippen LogP contribution in [-0.4, -0.2) is 20.2 Å². The van der Waals surface area contributed by atoms with Gasteiger partial charge < -0.3 is 0 Å². The topological polar surface area (TPSA) is 93.8 Å². The molecule has 0 aromatic heterocycles. The summed E-state index contributed by atoms with van der Waals surface area (Å²) in [6, 6.07) is 3.75. The Morgan fingerprint density at radius 1 is 1.19 bits per heavy atom. The second-order valence-electron chi connectivity index (χ2n) is 3.53. The molecule has 0 aliphatic rings. The predicted molar refractivity (Wildman–Crippen MR) is 60.7 cm³/mol. The Morgan fingerprint density at radius 3 is 2.38 bits per heavy atom. The van der Waals surface area contributed by atoms with Crippen molar-refractivity contribution < 1.29 is 8.42 Å². The van der Waals surface area contributed by atoms with Crippen molar-refractivity contribution in [2.75, 3.05) is 6.54 Å². The Hall–Kier alpha value is -1.11. The molecule has 1 atom stereocenters. The summed E-state index contributed by atoms with van der Waals surface area (Å²) >= 11 is 0. The highest BCUT2D eigenvalue weighted by Gasteiger charge is 2.18. The van der Waals surface area contributed by atoms with E-state index in [0.717, 1.165) is 25.7 Å². The van der Waals surface area contributed by atoms with Crippen LogP contribution in [0.4, 0.5) is 0 Å². The minimum atomic E-state index is -3.47. The van der Waals surface area contributed by atoms with Crippen LogP contribution in [0.2, 0.25) is 0 Å². The first-order chi connectivity index (χ1) is 7.54. The predicted octanol–water partition coefficient (Wildman–Crippen LogP) is 1.29. The first kappa shape index (κ1) is 14.9. The molecule has 0 saturated carbocycles. The van der Waals surface area contributed by atoms with Crippen LogP contribution >= 0.6 is 0 Å². The van der Waals surface area contributed by atoms with Crippen LogP contribution in [0, 0.1) is 22.7 Å². The molecule has 0 fully saturated rings. The van der Waals surface area contributed by atoms with E-state index in [2.05, 4.69) is 10.8 Å². The van der Waals surface area contributed by atoms with Gasteiger partial charge in [-0.25, -0.2) is 13.1 Å². The van der Waals surface area contributed by atoms with E-state index in [1.165, 1.54) is 6.92 Å². The summed E-state index contributed by atoms with van der Waals surface area (Å²) in [4.78, 5) is 0. The Kier molecular flexibility index (Phi) is 7.53. The molecule has 0 radical (unpaired) electrons. The monoisotopic (exact) mass is 243 g/mol. The standard InChI is InChI=1S/C10H17N3O2S/c1-10(9-12)16(14,15)13-8-6-4-2-3-5-7-11/h10,13H,2-6,8H2,1H3. The van der Waals surface area contributed by atoms with Gasteiger partial charge in [0, 0.05) is 13.0 Å². The lowest BCUT2D eigenvalue weighted by Crippen LogP contribution is -2.32. The molecule has 0 amide bonds. The third kappa shape index (κ3) is 6.39. The van der Waals surface area contributed by atoms with E-state index in [1.807, 2.05) is 0 Å². The van der Waals surface area contributed by atoms with Crippen LogP contribution in [0.3, 0.4) is 0 Å². The number of nitriles is 2. The summed E-state index contributed by atoms with van der Waals surface area (Å²) in [5, 5.41) is 15.8. The summed E-state index contributed by atoms with van der Waals surface area (Å²) in [6.45, 7) is 1.72. The molecule has 0 aromatic rings. The van der Waals surface area contributed by atoms with E-state index in [0.29, 0.717) is 13.0 Å². The van der Waals surface area contributed by atoms with E-state index >= 15 is 0 Å². The van der Waals surface area contributed by atoms with E-state index in [4.69, 9.17) is 10.5 Å². The van der Waals surface area contributed by atoms with Crippen LogP contribution < -0.4 is 4.72 Å². The van der Waals surface area contributed by atoms with Crippen LogP contribution in [-0.2, 0) is 10.0 Å². The molecule has 0 rings (SSSR count). The van der Waals surface area contributed by atoms with Gasteiger partial charge in [0.25, 0.3) is 0 Å². The zero-order valence-corrected chi connectivity index (χ0v) is 10.3. The average Bonchev–Trinajstić information content (AvgIpc) is 2.26. The van der Waals surface area contributed by atoms with Gasteiger partial charge in [-0.05, 0) is 19.8 Å². The van der Waals surface area contributed by atoms with Crippen molar-refractivity contribution in [3.8, 4) is 12.1 Å². The molecule has 0 bridgehead atoms. The van der Waals surface area contributed by atoms with E-state index in [-0.39, 0.29) is 0 Å². The molecule has 0 heterocycles. The number of rotatable bonds is 8. The highest BCUT2D eigenvalue weighted by molar-refractivity contribution is 7.90. The van der Waals surface area contributed by atoms with Crippen LogP contribution in [0.5, 0.6) is 0 Å². The van der Waals surface area contributed by atoms with Crippen molar-refractivity contribution >= 4 is 10.0 Å². The van der Waals surface area contributed by atoms with Crippen molar-refractivity contribution in [2.45, 2.75) is 44.3 Å². The van der Waals surface area contributed by atoms with Crippen LogP contribution in [0.25, 0.3) is 0 Å². The Morgan fingerprint density at radius 2 is 1.81 bits per heavy atom. The quantitative estimate of drug-likeness (QED) is 0.650. The molecule has 5 nitrogen and oxygen atoms in total. The average molecular weight is 243 g/mol. The number of nitrogens with one attached hydrogen (secondary N) is 1. The van der Waals surface area contributed by atoms with Gasteiger partial charge >= 0.3 is 0 Å². The Balaban J connectivity index is 3.61. The maximum absolute atomic E-state index is 11.3. The highest BCUT2D eigenvalue weighted by Crippen LogP contribution is 2.02. The molecule has 0 spiro atoms. The summed E-state index contributed by atoms with van der Waals surface area (Å²) in [5.74, 6) is 0. The van der Waals surface area contributed by atoms with E-state index in [1.54, 1.807) is 6.07 Å². The zero-order valence-electron chi connectivity index (χ0n) is 9.44. The number of sulfonamides is 1. The molecule has 6 heteroatoms. The second-order valence-corrected chi connectivity index (χ2v) is 5.62. The molecular formula is C10H17N3O2S. The lowest BCUT2D eigenvalue weighted by Gasteiger charge is -2.07. The number of nitrogens with zero attached hydrogens (tertiary/aromatic N) is 2. The van der Waals surface area contributed by atoms with Gasteiger partial charge in [-0.3, -0.25) is 0 Å². The van der Waals surface area contributed by atoms with Crippen molar-refractivity contribution in [1.82, 2.24) is 4.72 Å². The largest absolute Gasteiger partial charge is 0.227 e. The minimum absolute atomic E-state index is 0.362. The van der Waals surface area contributed by atoms with Gasteiger partial charge in [0.2, 0.25) is 10.0 Å². The maximum atomic E-state index is 11.3.